The van der Waals surface area contributed by atoms with E-state index in [0.29, 0.717) is 11.5 Å². The number of esters is 1. The fourth-order valence-corrected chi connectivity index (χ4v) is 2.75. The molecule has 1 amide bonds. The van der Waals surface area contributed by atoms with E-state index in [0.717, 1.165) is 19.3 Å². The molecule has 0 aliphatic heterocycles. The second-order valence-electron chi connectivity index (χ2n) is 5.90. The lowest BCUT2D eigenvalue weighted by atomic mass is 9.86. The molecule has 0 saturated heterocycles. The Hall–Kier alpha value is -1.91. The molecule has 1 aromatic rings. The molecule has 0 radical (unpaired) electrons. The van der Waals surface area contributed by atoms with E-state index in [1.807, 2.05) is 0 Å². The Morgan fingerprint density at radius 1 is 1.23 bits per heavy atom. The van der Waals surface area contributed by atoms with Crippen LogP contribution in [0.25, 0.3) is 0 Å². The summed E-state index contributed by atoms with van der Waals surface area (Å²) in [6, 6.07) is 5.82. The van der Waals surface area contributed by atoms with Crippen LogP contribution < -0.4 is 5.32 Å². The SMILES string of the molecule is C[C@@H]1CCCC[C@@H]1NC(=O)COC(=O)Cc1ccc(F)cc1. The minimum Gasteiger partial charge on any atom is -0.455 e. The van der Waals surface area contributed by atoms with Crippen LogP contribution in [0.3, 0.4) is 0 Å². The number of carbonyl (C=O) groups excluding carboxylic acids is 2. The van der Waals surface area contributed by atoms with Crippen LogP contribution in [0.4, 0.5) is 4.39 Å². The van der Waals surface area contributed by atoms with E-state index in [1.54, 1.807) is 0 Å². The van der Waals surface area contributed by atoms with Gasteiger partial charge >= 0.3 is 5.97 Å². The number of benzene rings is 1. The van der Waals surface area contributed by atoms with Gasteiger partial charge in [0.2, 0.25) is 0 Å². The predicted molar refractivity (Wildman–Crippen MR) is 80.6 cm³/mol. The Morgan fingerprint density at radius 2 is 1.91 bits per heavy atom. The van der Waals surface area contributed by atoms with E-state index in [4.69, 9.17) is 4.74 Å². The smallest absolute Gasteiger partial charge is 0.310 e. The molecule has 0 unspecified atom stereocenters. The summed E-state index contributed by atoms with van der Waals surface area (Å²) >= 11 is 0. The molecule has 22 heavy (non-hydrogen) atoms. The standard InChI is InChI=1S/C17H22FNO3/c1-12-4-2-3-5-15(12)19-16(20)11-22-17(21)10-13-6-8-14(18)9-7-13/h6-9,12,15H,2-5,10-11H2,1H3,(H,19,20)/t12-,15+/m1/s1. The summed E-state index contributed by atoms with van der Waals surface area (Å²) in [5.41, 5.74) is 0.660. The van der Waals surface area contributed by atoms with E-state index in [1.165, 1.54) is 30.7 Å². The van der Waals surface area contributed by atoms with Crippen molar-refractivity contribution >= 4 is 11.9 Å². The van der Waals surface area contributed by atoms with E-state index < -0.39 is 5.97 Å². The van der Waals surface area contributed by atoms with Gasteiger partial charge in [0.1, 0.15) is 5.82 Å². The summed E-state index contributed by atoms with van der Waals surface area (Å²) in [4.78, 5) is 23.5. The average molecular weight is 307 g/mol. The maximum atomic E-state index is 12.8. The average Bonchev–Trinajstić information content (AvgIpc) is 2.50. The minimum absolute atomic E-state index is 0.0351. The number of hydrogen-bond donors (Lipinski definition) is 1. The van der Waals surface area contributed by atoms with Crippen LogP contribution in [0.2, 0.25) is 0 Å². The first-order chi connectivity index (χ1) is 10.5. The van der Waals surface area contributed by atoms with Crippen molar-refractivity contribution in [1.29, 1.82) is 0 Å². The number of nitrogens with one attached hydrogen (secondary N) is 1. The predicted octanol–water partition coefficient (Wildman–Crippen LogP) is 2.61. The summed E-state index contributed by atoms with van der Waals surface area (Å²) < 4.78 is 17.7. The maximum Gasteiger partial charge on any atom is 0.310 e. The van der Waals surface area contributed by atoms with Crippen molar-refractivity contribution in [3.63, 3.8) is 0 Å². The van der Waals surface area contributed by atoms with Gasteiger partial charge in [-0.15, -0.1) is 0 Å². The van der Waals surface area contributed by atoms with Gasteiger partial charge in [0.15, 0.2) is 6.61 Å². The van der Waals surface area contributed by atoms with Crippen molar-refractivity contribution in [1.82, 2.24) is 5.32 Å². The summed E-state index contributed by atoms with van der Waals surface area (Å²) in [5.74, 6) is -0.629. The molecule has 0 heterocycles. The normalized spacial score (nSPS) is 21.2. The molecule has 0 aromatic heterocycles. The van der Waals surface area contributed by atoms with Crippen LogP contribution in [0.15, 0.2) is 24.3 Å². The van der Waals surface area contributed by atoms with Crippen molar-refractivity contribution in [3.05, 3.63) is 35.6 Å². The Bertz CT molecular complexity index is 515. The molecule has 4 nitrogen and oxygen atoms in total. The van der Waals surface area contributed by atoms with Crippen LogP contribution in [-0.2, 0) is 20.7 Å². The van der Waals surface area contributed by atoms with Crippen LogP contribution in [-0.4, -0.2) is 24.5 Å². The molecule has 1 N–H and O–H groups in total. The van der Waals surface area contributed by atoms with Crippen LogP contribution in [0.1, 0.15) is 38.2 Å². The third-order valence-corrected chi connectivity index (χ3v) is 4.08. The van der Waals surface area contributed by atoms with Gasteiger partial charge in [-0.1, -0.05) is 31.9 Å². The molecule has 1 fully saturated rings. The Morgan fingerprint density at radius 3 is 2.59 bits per heavy atom. The number of rotatable bonds is 5. The molecule has 120 valence electrons. The lowest BCUT2D eigenvalue weighted by Gasteiger charge is -2.29. The highest BCUT2D eigenvalue weighted by Gasteiger charge is 2.23. The number of ether oxygens (including phenoxy) is 1. The van der Waals surface area contributed by atoms with Crippen molar-refractivity contribution in [2.75, 3.05) is 6.61 Å². The van der Waals surface area contributed by atoms with Crippen LogP contribution >= 0.6 is 0 Å². The highest BCUT2D eigenvalue weighted by Crippen LogP contribution is 2.23. The summed E-state index contributed by atoms with van der Waals surface area (Å²) in [6.45, 7) is 1.87. The number of carbonyl (C=O) groups is 2. The molecular weight excluding hydrogens is 285 g/mol. The summed E-state index contributed by atoms with van der Waals surface area (Å²) in [5, 5.41) is 2.93. The lowest BCUT2D eigenvalue weighted by Crippen LogP contribution is -2.42. The highest BCUT2D eigenvalue weighted by atomic mass is 19.1. The molecule has 0 bridgehead atoms. The van der Waals surface area contributed by atoms with Crippen molar-refractivity contribution < 1.29 is 18.7 Å². The quantitative estimate of drug-likeness (QED) is 0.851. The molecule has 2 rings (SSSR count). The van der Waals surface area contributed by atoms with E-state index >= 15 is 0 Å². The Balaban J connectivity index is 1.71. The van der Waals surface area contributed by atoms with Gasteiger partial charge < -0.3 is 10.1 Å². The third kappa shape index (κ3) is 5.13. The second-order valence-corrected chi connectivity index (χ2v) is 5.90. The number of halogens is 1. The van der Waals surface area contributed by atoms with E-state index in [9.17, 15) is 14.0 Å². The van der Waals surface area contributed by atoms with Gasteiger partial charge in [-0.25, -0.2) is 4.39 Å². The zero-order valence-corrected chi connectivity index (χ0v) is 12.8. The molecule has 1 aliphatic rings. The summed E-state index contributed by atoms with van der Waals surface area (Å²) in [7, 11) is 0. The molecule has 0 spiro atoms. The number of amides is 1. The molecular formula is C17H22FNO3. The fraction of sp³-hybridized carbons (Fsp3) is 0.529. The van der Waals surface area contributed by atoms with E-state index in [2.05, 4.69) is 12.2 Å². The van der Waals surface area contributed by atoms with Gasteiger partial charge in [0, 0.05) is 6.04 Å². The van der Waals surface area contributed by atoms with Crippen LogP contribution in [0, 0.1) is 11.7 Å². The molecule has 5 heteroatoms. The fourth-order valence-electron chi connectivity index (χ4n) is 2.75. The number of hydrogen-bond acceptors (Lipinski definition) is 3. The van der Waals surface area contributed by atoms with Gasteiger partial charge in [0.05, 0.1) is 6.42 Å². The first-order valence-electron chi connectivity index (χ1n) is 7.74. The van der Waals surface area contributed by atoms with Crippen molar-refractivity contribution in [3.8, 4) is 0 Å². The Kier molecular flexibility index (Phi) is 5.92. The topological polar surface area (TPSA) is 55.4 Å². The monoisotopic (exact) mass is 307 g/mol. The molecule has 1 aromatic carbocycles. The maximum absolute atomic E-state index is 12.8. The second kappa shape index (κ2) is 7.92. The summed E-state index contributed by atoms with van der Waals surface area (Å²) in [6.07, 6.45) is 4.47. The highest BCUT2D eigenvalue weighted by molar-refractivity contribution is 5.81. The first kappa shape index (κ1) is 16.5. The zero-order valence-electron chi connectivity index (χ0n) is 12.8. The van der Waals surface area contributed by atoms with Crippen LogP contribution in [0.5, 0.6) is 0 Å². The molecule has 2 atom stereocenters. The van der Waals surface area contributed by atoms with Gasteiger partial charge in [-0.05, 0) is 36.5 Å². The zero-order chi connectivity index (χ0) is 15.9. The van der Waals surface area contributed by atoms with Gasteiger partial charge in [0.25, 0.3) is 5.91 Å². The van der Waals surface area contributed by atoms with Crippen molar-refractivity contribution in [2.24, 2.45) is 5.92 Å². The van der Waals surface area contributed by atoms with E-state index in [-0.39, 0.29) is 30.8 Å². The first-order valence-corrected chi connectivity index (χ1v) is 7.74. The lowest BCUT2D eigenvalue weighted by molar-refractivity contribution is -0.148. The third-order valence-electron chi connectivity index (χ3n) is 4.08. The van der Waals surface area contributed by atoms with Gasteiger partial charge in [-0.2, -0.15) is 0 Å². The Labute approximate surface area is 130 Å². The molecule has 1 saturated carbocycles. The largest absolute Gasteiger partial charge is 0.455 e. The molecule has 1 aliphatic carbocycles. The minimum atomic E-state index is -0.488. The van der Waals surface area contributed by atoms with Crippen molar-refractivity contribution in [2.45, 2.75) is 45.1 Å². The van der Waals surface area contributed by atoms with Gasteiger partial charge in [-0.3, -0.25) is 9.59 Å².